The Morgan fingerprint density at radius 1 is 1.03 bits per heavy atom. The molecule has 31 heavy (non-hydrogen) atoms. The molecule has 0 aromatic heterocycles. The van der Waals surface area contributed by atoms with Gasteiger partial charge >= 0.3 is 0 Å². The molecule has 0 bridgehead atoms. The molecule has 1 aliphatic heterocycles. The lowest BCUT2D eigenvalue weighted by molar-refractivity contribution is -0.139. The fraction of sp³-hybridized carbons (Fsp3) is 0.280. The van der Waals surface area contributed by atoms with E-state index in [1.165, 1.54) is 4.90 Å². The number of Topliss-reactive ketones (excluding diaryl/α,β-unsaturated/α-hetero) is 1. The van der Waals surface area contributed by atoms with Crippen molar-refractivity contribution in [2.45, 2.75) is 26.3 Å². The lowest BCUT2D eigenvalue weighted by Crippen LogP contribution is -2.29. The van der Waals surface area contributed by atoms with Gasteiger partial charge in [-0.15, -0.1) is 6.58 Å². The van der Waals surface area contributed by atoms with Crippen molar-refractivity contribution in [3.63, 3.8) is 0 Å². The second-order valence-electron chi connectivity index (χ2n) is 7.12. The topological polar surface area (TPSA) is 76.1 Å². The van der Waals surface area contributed by atoms with Gasteiger partial charge in [0.05, 0.1) is 24.8 Å². The minimum absolute atomic E-state index is 0.0539. The Balaban J connectivity index is 2.04. The van der Waals surface area contributed by atoms with Gasteiger partial charge in [-0.2, -0.15) is 0 Å². The minimum Gasteiger partial charge on any atom is -0.507 e. The Bertz CT molecular complexity index is 976. The lowest BCUT2D eigenvalue weighted by atomic mass is 9.95. The van der Waals surface area contributed by atoms with Crippen molar-refractivity contribution in [1.29, 1.82) is 0 Å². The van der Waals surface area contributed by atoms with Gasteiger partial charge in [-0.25, -0.2) is 0 Å². The number of carbonyl (C=O) groups excluding carboxylic acids is 2. The van der Waals surface area contributed by atoms with Gasteiger partial charge in [0.25, 0.3) is 11.7 Å². The molecule has 1 atom stereocenters. The van der Waals surface area contributed by atoms with Crippen LogP contribution in [0, 0.1) is 0 Å². The fourth-order valence-corrected chi connectivity index (χ4v) is 3.55. The Morgan fingerprint density at radius 2 is 1.65 bits per heavy atom. The second kappa shape index (κ2) is 9.98. The van der Waals surface area contributed by atoms with Crippen molar-refractivity contribution in [2.24, 2.45) is 0 Å². The van der Waals surface area contributed by atoms with Crippen LogP contribution in [0.3, 0.4) is 0 Å². The first-order valence-electron chi connectivity index (χ1n) is 10.4. The zero-order valence-electron chi connectivity index (χ0n) is 17.8. The number of hydrogen-bond donors (Lipinski definition) is 1. The normalized spacial score (nSPS) is 17.6. The third kappa shape index (κ3) is 4.63. The Morgan fingerprint density at radius 3 is 2.23 bits per heavy atom. The first kappa shape index (κ1) is 22.2. The summed E-state index contributed by atoms with van der Waals surface area (Å²) in [6, 6.07) is 13.3. The van der Waals surface area contributed by atoms with Crippen LogP contribution >= 0.6 is 0 Å². The maximum absolute atomic E-state index is 12.9. The molecule has 1 heterocycles. The summed E-state index contributed by atoms with van der Waals surface area (Å²) < 4.78 is 11.1. The van der Waals surface area contributed by atoms with Gasteiger partial charge in [0.15, 0.2) is 0 Å². The van der Waals surface area contributed by atoms with E-state index >= 15 is 0 Å². The van der Waals surface area contributed by atoms with Crippen LogP contribution in [-0.2, 0) is 9.59 Å². The minimum atomic E-state index is -0.718. The molecule has 1 fully saturated rings. The quantitative estimate of drug-likeness (QED) is 0.280. The SMILES string of the molecule is C=CCN1C(=O)C(=O)/C(=C(\O)c2ccc(OCCC)cc2)C1c1ccc(OCC)cc1. The third-order valence-electron chi connectivity index (χ3n) is 4.97. The van der Waals surface area contributed by atoms with Crippen LogP contribution in [0.1, 0.15) is 37.4 Å². The lowest BCUT2D eigenvalue weighted by Gasteiger charge is -2.24. The summed E-state index contributed by atoms with van der Waals surface area (Å²) in [5, 5.41) is 11.0. The van der Waals surface area contributed by atoms with Gasteiger partial charge < -0.3 is 19.5 Å². The number of benzene rings is 2. The largest absolute Gasteiger partial charge is 0.507 e. The van der Waals surface area contributed by atoms with Crippen LogP contribution in [0.15, 0.2) is 66.8 Å². The Hall–Kier alpha value is -3.54. The molecule has 0 radical (unpaired) electrons. The number of rotatable bonds is 9. The predicted molar refractivity (Wildman–Crippen MR) is 119 cm³/mol. The van der Waals surface area contributed by atoms with E-state index in [9.17, 15) is 14.7 Å². The van der Waals surface area contributed by atoms with Crippen molar-refractivity contribution in [1.82, 2.24) is 4.90 Å². The van der Waals surface area contributed by atoms with Crippen LogP contribution in [0.4, 0.5) is 0 Å². The molecule has 1 amide bonds. The molecule has 162 valence electrons. The fourth-order valence-electron chi connectivity index (χ4n) is 3.55. The van der Waals surface area contributed by atoms with E-state index in [0.29, 0.717) is 35.8 Å². The average Bonchev–Trinajstić information content (AvgIpc) is 3.03. The third-order valence-corrected chi connectivity index (χ3v) is 4.97. The Kier molecular flexibility index (Phi) is 7.13. The van der Waals surface area contributed by atoms with E-state index in [1.807, 2.05) is 13.8 Å². The van der Waals surface area contributed by atoms with Crippen LogP contribution in [0.2, 0.25) is 0 Å². The van der Waals surface area contributed by atoms with Crippen molar-refractivity contribution in [3.05, 3.63) is 77.9 Å². The van der Waals surface area contributed by atoms with Gasteiger partial charge in [0.1, 0.15) is 17.3 Å². The van der Waals surface area contributed by atoms with E-state index in [1.54, 1.807) is 54.6 Å². The van der Waals surface area contributed by atoms with Gasteiger partial charge in [0.2, 0.25) is 0 Å². The van der Waals surface area contributed by atoms with E-state index in [0.717, 1.165) is 6.42 Å². The van der Waals surface area contributed by atoms with Gasteiger partial charge in [0, 0.05) is 12.1 Å². The standard InChI is InChI=1S/C25H27NO5/c1-4-15-26-22(17-7-11-19(12-8-17)30-6-3)21(24(28)25(26)29)23(27)18-9-13-20(14-10-18)31-16-5-2/h4,7-14,22,27H,1,5-6,15-16H2,2-3H3/b23-21-. The van der Waals surface area contributed by atoms with Crippen LogP contribution in [0.5, 0.6) is 11.5 Å². The molecule has 2 aromatic carbocycles. The molecule has 1 unspecified atom stereocenters. The molecular weight excluding hydrogens is 394 g/mol. The number of likely N-dealkylation sites (tertiary alicyclic amines) is 1. The molecule has 0 spiro atoms. The molecule has 6 nitrogen and oxygen atoms in total. The number of ether oxygens (including phenoxy) is 2. The number of hydrogen-bond acceptors (Lipinski definition) is 5. The maximum Gasteiger partial charge on any atom is 0.295 e. The highest BCUT2D eigenvalue weighted by Gasteiger charge is 2.45. The number of carbonyl (C=O) groups is 2. The molecular formula is C25H27NO5. The highest BCUT2D eigenvalue weighted by molar-refractivity contribution is 6.46. The molecule has 2 aromatic rings. The van der Waals surface area contributed by atoms with Gasteiger partial charge in [-0.3, -0.25) is 9.59 Å². The smallest absolute Gasteiger partial charge is 0.295 e. The average molecular weight is 421 g/mol. The summed E-state index contributed by atoms with van der Waals surface area (Å²) in [7, 11) is 0. The zero-order valence-corrected chi connectivity index (χ0v) is 17.8. The van der Waals surface area contributed by atoms with E-state index < -0.39 is 17.7 Å². The first-order chi connectivity index (χ1) is 15.0. The monoisotopic (exact) mass is 421 g/mol. The van der Waals surface area contributed by atoms with Crippen LogP contribution in [-0.4, -0.2) is 41.5 Å². The Labute approximate surface area is 182 Å². The van der Waals surface area contributed by atoms with Gasteiger partial charge in [-0.05, 0) is 55.3 Å². The maximum atomic E-state index is 12.9. The van der Waals surface area contributed by atoms with E-state index in [2.05, 4.69) is 6.58 Å². The molecule has 3 rings (SSSR count). The number of aliphatic hydroxyl groups is 1. The highest BCUT2D eigenvalue weighted by Crippen LogP contribution is 2.39. The van der Waals surface area contributed by atoms with Crippen molar-refractivity contribution < 1.29 is 24.2 Å². The molecule has 0 saturated carbocycles. The summed E-state index contributed by atoms with van der Waals surface area (Å²) in [5.74, 6) is -0.234. The summed E-state index contributed by atoms with van der Waals surface area (Å²) in [6.45, 7) is 8.92. The van der Waals surface area contributed by atoms with E-state index in [4.69, 9.17) is 9.47 Å². The first-order valence-corrected chi connectivity index (χ1v) is 10.4. The molecule has 1 saturated heterocycles. The number of aliphatic hydroxyl groups excluding tert-OH is 1. The highest BCUT2D eigenvalue weighted by atomic mass is 16.5. The van der Waals surface area contributed by atoms with Crippen molar-refractivity contribution >= 4 is 17.4 Å². The summed E-state index contributed by atoms with van der Waals surface area (Å²) in [6.07, 6.45) is 2.45. The van der Waals surface area contributed by atoms with Crippen molar-refractivity contribution in [2.75, 3.05) is 19.8 Å². The number of nitrogens with zero attached hydrogens (tertiary/aromatic N) is 1. The number of ketones is 1. The van der Waals surface area contributed by atoms with E-state index in [-0.39, 0.29) is 17.9 Å². The second-order valence-corrected chi connectivity index (χ2v) is 7.12. The molecule has 6 heteroatoms. The predicted octanol–water partition coefficient (Wildman–Crippen LogP) is 4.48. The molecule has 1 aliphatic rings. The van der Waals surface area contributed by atoms with Crippen molar-refractivity contribution in [3.8, 4) is 11.5 Å². The van der Waals surface area contributed by atoms with Crippen LogP contribution < -0.4 is 9.47 Å². The number of amides is 1. The van der Waals surface area contributed by atoms with Gasteiger partial charge in [-0.1, -0.05) is 25.1 Å². The molecule has 0 aliphatic carbocycles. The summed E-state index contributed by atoms with van der Waals surface area (Å²) >= 11 is 0. The molecule has 1 N–H and O–H groups in total. The summed E-state index contributed by atoms with van der Waals surface area (Å²) in [4.78, 5) is 27.0. The summed E-state index contributed by atoms with van der Waals surface area (Å²) in [5.41, 5.74) is 1.20. The zero-order chi connectivity index (χ0) is 22.4. The van der Waals surface area contributed by atoms with Crippen LogP contribution in [0.25, 0.3) is 5.76 Å².